The molecule has 1 amide bonds. The maximum absolute atomic E-state index is 13.5. The fourth-order valence-corrected chi connectivity index (χ4v) is 2.03. The zero-order valence-corrected chi connectivity index (χ0v) is 11.2. The fraction of sp³-hybridized carbons (Fsp3) is 0.364. The van der Waals surface area contributed by atoms with Gasteiger partial charge >= 0.3 is 0 Å². The summed E-state index contributed by atoms with van der Waals surface area (Å²) >= 11 is 3.24. The number of hydrogen-bond donors (Lipinski definition) is 1. The van der Waals surface area contributed by atoms with Crippen LogP contribution in [0, 0.1) is 15.9 Å². The molecule has 0 aliphatic rings. The molecule has 0 radical (unpaired) electrons. The van der Waals surface area contributed by atoms with Crippen LogP contribution >= 0.6 is 15.9 Å². The third-order valence-electron chi connectivity index (χ3n) is 2.33. The highest BCUT2D eigenvalue weighted by Gasteiger charge is 2.17. The quantitative estimate of drug-likeness (QED) is 0.515. The first-order chi connectivity index (χ1) is 8.45. The summed E-state index contributed by atoms with van der Waals surface area (Å²) in [5, 5.41) is 13.8. The Labute approximate surface area is 112 Å². The van der Waals surface area contributed by atoms with E-state index in [4.69, 9.17) is 0 Å². The van der Waals surface area contributed by atoms with E-state index in [1.54, 1.807) is 6.92 Å². The molecule has 0 bridgehead atoms. The third-order valence-corrected chi connectivity index (χ3v) is 2.79. The Bertz CT molecular complexity index is 468. The molecule has 1 rings (SSSR count). The van der Waals surface area contributed by atoms with Crippen molar-refractivity contribution in [3.63, 3.8) is 0 Å². The lowest BCUT2D eigenvalue weighted by Crippen LogP contribution is -2.33. The van der Waals surface area contributed by atoms with Gasteiger partial charge in [-0.3, -0.25) is 14.9 Å². The highest BCUT2D eigenvalue weighted by atomic mass is 79.9. The number of halogens is 2. The Kier molecular flexibility index (Phi) is 5.21. The molecule has 5 nitrogen and oxygen atoms in total. The molecule has 0 fully saturated rings. The minimum Gasteiger partial charge on any atom is -0.349 e. The van der Waals surface area contributed by atoms with Gasteiger partial charge < -0.3 is 5.32 Å². The first-order valence-electron chi connectivity index (χ1n) is 5.26. The van der Waals surface area contributed by atoms with Crippen LogP contribution in [0.3, 0.4) is 0 Å². The third kappa shape index (κ3) is 3.76. The van der Waals surface area contributed by atoms with Crippen LogP contribution in [0.25, 0.3) is 0 Å². The van der Waals surface area contributed by atoms with Crippen LogP contribution in [0.2, 0.25) is 0 Å². The molecule has 0 aliphatic carbocycles. The molecule has 7 heteroatoms. The van der Waals surface area contributed by atoms with Crippen LogP contribution in [-0.2, 0) is 0 Å². The lowest BCUT2D eigenvalue weighted by atomic mass is 10.1. The molecule has 1 N–H and O–H groups in total. The zero-order chi connectivity index (χ0) is 13.7. The summed E-state index contributed by atoms with van der Waals surface area (Å²) in [6.45, 7) is 1.79. The van der Waals surface area contributed by atoms with E-state index in [9.17, 15) is 19.3 Å². The van der Waals surface area contributed by atoms with Crippen molar-refractivity contribution in [3.8, 4) is 0 Å². The van der Waals surface area contributed by atoms with Gasteiger partial charge in [0, 0.05) is 17.4 Å². The van der Waals surface area contributed by atoms with Crippen molar-refractivity contribution in [2.45, 2.75) is 19.4 Å². The van der Waals surface area contributed by atoms with E-state index in [1.807, 2.05) is 0 Å². The number of nitro benzene ring substituents is 1. The number of carbonyl (C=O) groups is 1. The zero-order valence-electron chi connectivity index (χ0n) is 9.65. The van der Waals surface area contributed by atoms with E-state index in [1.165, 1.54) is 0 Å². The molecule has 1 atom stereocenters. The molecule has 1 unspecified atom stereocenters. The van der Waals surface area contributed by atoms with Gasteiger partial charge in [-0.2, -0.15) is 0 Å². The molecule has 0 saturated heterocycles. The SMILES string of the molecule is CC(CCBr)NC(=O)c1ccc([N+](=O)[O-])cc1F. The number of nitrogens with zero attached hydrogens (tertiary/aromatic N) is 1. The Morgan fingerprint density at radius 2 is 2.28 bits per heavy atom. The number of nitrogens with one attached hydrogen (secondary N) is 1. The van der Waals surface area contributed by atoms with Gasteiger partial charge in [-0.25, -0.2) is 4.39 Å². The van der Waals surface area contributed by atoms with Crippen molar-refractivity contribution in [2.24, 2.45) is 0 Å². The second-order valence-electron chi connectivity index (χ2n) is 3.77. The van der Waals surface area contributed by atoms with Gasteiger partial charge in [0.2, 0.25) is 0 Å². The number of carbonyl (C=O) groups excluding carboxylic acids is 1. The lowest BCUT2D eigenvalue weighted by Gasteiger charge is -2.12. The first kappa shape index (κ1) is 14.6. The van der Waals surface area contributed by atoms with E-state index in [-0.39, 0.29) is 17.3 Å². The Morgan fingerprint density at radius 1 is 1.61 bits per heavy atom. The molecule has 18 heavy (non-hydrogen) atoms. The molecule has 0 spiro atoms. The first-order valence-corrected chi connectivity index (χ1v) is 6.38. The summed E-state index contributed by atoms with van der Waals surface area (Å²) in [6.07, 6.45) is 0.709. The topological polar surface area (TPSA) is 72.2 Å². The number of non-ortho nitro benzene ring substituents is 1. The van der Waals surface area contributed by atoms with Gasteiger partial charge in [-0.1, -0.05) is 15.9 Å². The van der Waals surface area contributed by atoms with E-state index in [0.29, 0.717) is 6.42 Å². The number of hydrogen-bond acceptors (Lipinski definition) is 3. The van der Waals surface area contributed by atoms with Crippen LogP contribution in [0.1, 0.15) is 23.7 Å². The highest BCUT2D eigenvalue weighted by molar-refractivity contribution is 9.09. The minimum absolute atomic E-state index is 0.105. The van der Waals surface area contributed by atoms with Crippen molar-refractivity contribution in [1.29, 1.82) is 0 Å². The van der Waals surface area contributed by atoms with Crippen LogP contribution in [0.5, 0.6) is 0 Å². The second kappa shape index (κ2) is 6.44. The number of benzene rings is 1. The lowest BCUT2D eigenvalue weighted by molar-refractivity contribution is -0.385. The van der Waals surface area contributed by atoms with Gasteiger partial charge in [0.25, 0.3) is 11.6 Å². The van der Waals surface area contributed by atoms with E-state index < -0.39 is 16.6 Å². The van der Waals surface area contributed by atoms with Crippen LogP contribution in [-0.4, -0.2) is 22.2 Å². The largest absolute Gasteiger partial charge is 0.349 e. The van der Waals surface area contributed by atoms with Crippen molar-refractivity contribution in [3.05, 3.63) is 39.7 Å². The van der Waals surface area contributed by atoms with Crippen LogP contribution < -0.4 is 5.32 Å². The monoisotopic (exact) mass is 318 g/mol. The van der Waals surface area contributed by atoms with Crippen molar-refractivity contribution < 1.29 is 14.1 Å². The number of rotatable bonds is 5. The number of nitro groups is 1. The van der Waals surface area contributed by atoms with Gasteiger partial charge in [-0.15, -0.1) is 0 Å². The smallest absolute Gasteiger partial charge is 0.272 e. The summed E-state index contributed by atoms with van der Waals surface area (Å²) in [5.74, 6) is -1.47. The molecule has 1 aromatic carbocycles. The van der Waals surface area contributed by atoms with E-state index >= 15 is 0 Å². The molecule has 0 saturated carbocycles. The van der Waals surface area contributed by atoms with Gasteiger partial charge in [-0.05, 0) is 19.4 Å². The second-order valence-corrected chi connectivity index (χ2v) is 4.57. The van der Waals surface area contributed by atoms with E-state index in [0.717, 1.165) is 23.5 Å². The van der Waals surface area contributed by atoms with Crippen molar-refractivity contribution >= 4 is 27.5 Å². The minimum atomic E-state index is -0.896. The summed E-state index contributed by atoms with van der Waals surface area (Å²) in [5.41, 5.74) is -0.570. The van der Waals surface area contributed by atoms with Gasteiger partial charge in [0.05, 0.1) is 16.6 Å². The van der Waals surface area contributed by atoms with Crippen LogP contribution in [0.4, 0.5) is 10.1 Å². The Morgan fingerprint density at radius 3 is 2.78 bits per heavy atom. The number of alkyl halides is 1. The normalized spacial score (nSPS) is 11.9. The molecule has 98 valence electrons. The molecule has 0 aliphatic heterocycles. The number of amides is 1. The molecule has 0 aromatic heterocycles. The molecule has 1 aromatic rings. The average Bonchev–Trinajstić information content (AvgIpc) is 2.28. The predicted molar refractivity (Wildman–Crippen MR) is 68.4 cm³/mol. The van der Waals surface area contributed by atoms with E-state index in [2.05, 4.69) is 21.2 Å². The molecular formula is C11H12BrFN2O3. The summed E-state index contributed by atoms with van der Waals surface area (Å²) in [4.78, 5) is 21.4. The Balaban J connectivity index is 2.84. The highest BCUT2D eigenvalue weighted by Crippen LogP contribution is 2.16. The van der Waals surface area contributed by atoms with Crippen LogP contribution in [0.15, 0.2) is 18.2 Å². The fourth-order valence-electron chi connectivity index (χ4n) is 1.34. The van der Waals surface area contributed by atoms with Gasteiger partial charge in [0.15, 0.2) is 0 Å². The predicted octanol–water partition coefficient (Wildman–Crippen LogP) is 2.64. The average molecular weight is 319 g/mol. The molecule has 0 heterocycles. The standard InChI is InChI=1S/C11H12BrFN2O3/c1-7(4-5-12)14-11(16)9-3-2-8(15(17)18)6-10(9)13/h2-3,6-7H,4-5H2,1H3,(H,14,16). The van der Waals surface area contributed by atoms with Gasteiger partial charge in [0.1, 0.15) is 5.82 Å². The maximum atomic E-state index is 13.5. The summed E-state index contributed by atoms with van der Waals surface area (Å²) < 4.78 is 13.5. The Hall–Kier alpha value is -1.50. The van der Waals surface area contributed by atoms with Crippen molar-refractivity contribution in [1.82, 2.24) is 5.32 Å². The summed E-state index contributed by atoms with van der Waals surface area (Å²) in [6, 6.07) is 2.85. The maximum Gasteiger partial charge on any atom is 0.272 e. The van der Waals surface area contributed by atoms with Crippen molar-refractivity contribution in [2.75, 3.05) is 5.33 Å². The summed E-state index contributed by atoms with van der Waals surface area (Å²) in [7, 11) is 0. The molecular weight excluding hydrogens is 307 g/mol.